The first-order valence-electron chi connectivity index (χ1n) is 9.97. The Morgan fingerprint density at radius 1 is 0.967 bits per heavy atom. The van der Waals surface area contributed by atoms with Crippen LogP contribution >= 0.6 is 15.9 Å². The molecule has 0 spiro atoms. The molecule has 0 saturated carbocycles. The first kappa shape index (κ1) is 20.4. The zero-order chi connectivity index (χ0) is 20.9. The highest BCUT2D eigenvalue weighted by atomic mass is 79.9. The van der Waals surface area contributed by atoms with Crippen molar-refractivity contribution in [3.05, 3.63) is 94.0 Å². The summed E-state index contributed by atoms with van der Waals surface area (Å²) in [6, 6.07) is 23.1. The minimum atomic E-state index is -0.564. The van der Waals surface area contributed by atoms with Crippen molar-refractivity contribution in [1.29, 1.82) is 0 Å². The van der Waals surface area contributed by atoms with Crippen LogP contribution in [0.3, 0.4) is 0 Å². The maximum absolute atomic E-state index is 13.0. The maximum atomic E-state index is 13.0. The van der Waals surface area contributed by atoms with Crippen LogP contribution in [-0.2, 0) is 29.0 Å². The number of alkyl carbamates (subject to hydrolysis) is 1. The highest BCUT2D eigenvalue weighted by Crippen LogP contribution is 2.34. The lowest BCUT2D eigenvalue weighted by Crippen LogP contribution is -2.41. The average molecular weight is 464 g/mol. The molecule has 1 aliphatic rings. The molecule has 0 aromatic heterocycles. The number of ketones is 1. The number of carbonyl (C=O) groups is 2. The molecule has 4 nitrogen and oxygen atoms in total. The smallest absolute Gasteiger partial charge is 0.408 e. The number of benzene rings is 3. The molecule has 1 N–H and O–H groups in total. The molecule has 3 aromatic rings. The van der Waals surface area contributed by atoms with E-state index in [0.717, 1.165) is 32.3 Å². The van der Waals surface area contributed by atoms with Crippen LogP contribution < -0.4 is 5.32 Å². The van der Waals surface area contributed by atoms with E-state index in [1.807, 2.05) is 60.7 Å². The van der Waals surface area contributed by atoms with Gasteiger partial charge in [0.1, 0.15) is 6.61 Å². The van der Waals surface area contributed by atoms with Crippen molar-refractivity contribution in [2.45, 2.75) is 31.9 Å². The van der Waals surface area contributed by atoms with E-state index in [1.54, 1.807) is 0 Å². The number of ether oxygens (including phenoxy) is 1. The quantitative estimate of drug-likeness (QED) is 0.521. The zero-order valence-corrected chi connectivity index (χ0v) is 18.0. The topological polar surface area (TPSA) is 55.4 Å². The molecule has 0 aliphatic heterocycles. The van der Waals surface area contributed by atoms with Gasteiger partial charge in [0.05, 0.1) is 6.04 Å². The van der Waals surface area contributed by atoms with Crippen LogP contribution in [0.1, 0.15) is 23.1 Å². The third-order valence-corrected chi connectivity index (χ3v) is 6.13. The van der Waals surface area contributed by atoms with Gasteiger partial charge < -0.3 is 10.1 Å². The first-order valence-corrected chi connectivity index (χ1v) is 10.8. The van der Waals surface area contributed by atoms with Gasteiger partial charge in [0.2, 0.25) is 0 Å². The van der Waals surface area contributed by atoms with Crippen molar-refractivity contribution in [3.8, 4) is 11.1 Å². The summed E-state index contributed by atoms with van der Waals surface area (Å²) in [5.41, 5.74) is 5.22. The van der Waals surface area contributed by atoms with Crippen molar-refractivity contribution in [3.63, 3.8) is 0 Å². The second-order valence-corrected chi connectivity index (χ2v) is 8.21. The summed E-state index contributed by atoms with van der Waals surface area (Å²) < 4.78 is 6.30. The van der Waals surface area contributed by atoms with Crippen molar-refractivity contribution >= 4 is 27.8 Å². The van der Waals surface area contributed by atoms with E-state index in [1.165, 1.54) is 0 Å². The molecular formula is C25H22BrNO3. The summed E-state index contributed by atoms with van der Waals surface area (Å²) >= 11 is 3.64. The fraction of sp³-hybridized carbons (Fsp3) is 0.200. The van der Waals surface area contributed by atoms with E-state index in [2.05, 4.69) is 33.4 Å². The number of rotatable bonds is 4. The molecule has 30 heavy (non-hydrogen) atoms. The maximum Gasteiger partial charge on any atom is 0.408 e. The van der Waals surface area contributed by atoms with Gasteiger partial charge in [-0.2, -0.15) is 0 Å². The van der Waals surface area contributed by atoms with Crippen LogP contribution in [0.15, 0.2) is 77.3 Å². The molecule has 1 atom stereocenters. The minimum absolute atomic E-state index is 0.000641. The molecule has 152 valence electrons. The Morgan fingerprint density at radius 3 is 2.40 bits per heavy atom. The van der Waals surface area contributed by atoms with Crippen LogP contribution in [0.5, 0.6) is 0 Å². The van der Waals surface area contributed by atoms with Gasteiger partial charge in [-0.05, 0) is 46.7 Å². The van der Waals surface area contributed by atoms with Gasteiger partial charge in [0.25, 0.3) is 0 Å². The fourth-order valence-corrected chi connectivity index (χ4v) is 4.40. The number of fused-ring (bicyclic) bond motifs is 1. The Hall–Kier alpha value is -2.92. The predicted octanol–water partition coefficient (Wildman–Crippen LogP) is 5.47. The Morgan fingerprint density at radius 2 is 1.67 bits per heavy atom. The highest BCUT2D eigenvalue weighted by Gasteiger charge is 2.28. The molecule has 5 heteroatoms. The average Bonchev–Trinajstić information content (AvgIpc) is 2.93. The minimum Gasteiger partial charge on any atom is -0.445 e. The number of halogens is 1. The van der Waals surface area contributed by atoms with Gasteiger partial charge in [-0.15, -0.1) is 0 Å². The molecule has 1 amide bonds. The van der Waals surface area contributed by atoms with E-state index in [9.17, 15) is 9.59 Å². The van der Waals surface area contributed by atoms with E-state index >= 15 is 0 Å². The monoisotopic (exact) mass is 463 g/mol. The second kappa shape index (κ2) is 9.26. The molecule has 0 bridgehead atoms. The lowest BCUT2D eigenvalue weighted by atomic mass is 9.92. The van der Waals surface area contributed by atoms with Crippen molar-refractivity contribution < 1.29 is 14.3 Å². The molecule has 0 saturated heterocycles. The lowest BCUT2D eigenvalue weighted by Gasteiger charge is -2.15. The van der Waals surface area contributed by atoms with E-state index in [4.69, 9.17) is 4.74 Å². The summed E-state index contributed by atoms with van der Waals surface area (Å²) in [6.07, 6.45) is 0.961. The molecule has 0 radical (unpaired) electrons. The van der Waals surface area contributed by atoms with E-state index in [0.29, 0.717) is 12.8 Å². The molecule has 1 unspecified atom stereocenters. The summed E-state index contributed by atoms with van der Waals surface area (Å²) in [6.45, 7) is 0.178. The van der Waals surface area contributed by atoms with E-state index in [-0.39, 0.29) is 18.8 Å². The Labute approximate surface area is 184 Å². The number of hydrogen-bond donors (Lipinski definition) is 1. The zero-order valence-electron chi connectivity index (χ0n) is 16.4. The van der Waals surface area contributed by atoms with Crippen LogP contribution in [0, 0.1) is 0 Å². The fourth-order valence-electron chi connectivity index (χ4n) is 3.83. The Bertz CT molecular complexity index is 1050. The van der Waals surface area contributed by atoms with Crippen LogP contribution in [-0.4, -0.2) is 17.9 Å². The van der Waals surface area contributed by atoms with Crippen LogP contribution in [0.4, 0.5) is 4.79 Å². The third-order valence-electron chi connectivity index (χ3n) is 5.39. The molecule has 1 aliphatic carbocycles. The SMILES string of the molecule is O=C(NC1CCc2c(Br)ccc(-c3ccccc3)c2CC1=O)OCc1ccccc1. The van der Waals surface area contributed by atoms with Crippen molar-refractivity contribution in [2.24, 2.45) is 0 Å². The molecule has 3 aromatic carbocycles. The van der Waals surface area contributed by atoms with Crippen LogP contribution in [0.2, 0.25) is 0 Å². The van der Waals surface area contributed by atoms with E-state index < -0.39 is 12.1 Å². The predicted molar refractivity (Wildman–Crippen MR) is 120 cm³/mol. The normalized spacial score (nSPS) is 15.8. The third kappa shape index (κ3) is 4.62. The number of carbonyl (C=O) groups excluding carboxylic acids is 2. The van der Waals surface area contributed by atoms with Crippen molar-refractivity contribution in [2.75, 3.05) is 0 Å². The van der Waals surface area contributed by atoms with Gasteiger partial charge >= 0.3 is 6.09 Å². The first-order chi connectivity index (χ1) is 14.6. The Balaban J connectivity index is 1.49. The van der Waals surface area contributed by atoms with Gasteiger partial charge in [-0.25, -0.2) is 4.79 Å². The number of hydrogen-bond acceptors (Lipinski definition) is 3. The van der Waals surface area contributed by atoms with Gasteiger partial charge in [-0.1, -0.05) is 82.7 Å². The summed E-state index contributed by atoms with van der Waals surface area (Å²) in [4.78, 5) is 25.3. The lowest BCUT2D eigenvalue weighted by molar-refractivity contribution is -0.120. The standard InChI is InChI=1S/C25H22BrNO3/c26-22-13-11-19(18-9-5-2-6-10-18)21-15-24(28)23(14-12-20(21)22)27-25(29)30-16-17-7-3-1-4-8-17/h1-11,13,23H,12,14-16H2,(H,27,29). The molecule has 0 fully saturated rings. The van der Waals surface area contributed by atoms with Gasteiger partial charge in [0.15, 0.2) is 5.78 Å². The van der Waals surface area contributed by atoms with Crippen LogP contribution in [0.25, 0.3) is 11.1 Å². The second-order valence-electron chi connectivity index (χ2n) is 7.36. The molecule has 4 rings (SSSR count). The summed E-state index contributed by atoms with van der Waals surface area (Å²) in [5, 5.41) is 2.77. The highest BCUT2D eigenvalue weighted by molar-refractivity contribution is 9.10. The number of Topliss-reactive ketones (excluding diaryl/α,β-unsaturated/α-hetero) is 1. The summed E-state index contributed by atoms with van der Waals surface area (Å²) in [7, 11) is 0. The molecule has 0 heterocycles. The largest absolute Gasteiger partial charge is 0.445 e. The Kier molecular flexibility index (Phi) is 6.29. The number of amides is 1. The summed E-state index contributed by atoms with van der Waals surface area (Å²) in [5.74, 6) is 0.000641. The van der Waals surface area contributed by atoms with Gasteiger partial charge in [0, 0.05) is 10.9 Å². The number of nitrogens with one attached hydrogen (secondary N) is 1. The van der Waals surface area contributed by atoms with Crippen molar-refractivity contribution in [1.82, 2.24) is 5.32 Å². The molecular weight excluding hydrogens is 442 g/mol. The van der Waals surface area contributed by atoms with Gasteiger partial charge in [-0.3, -0.25) is 4.79 Å².